The molecule has 0 saturated heterocycles. The first-order chi connectivity index (χ1) is 8.58. The van der Waals surface area contributed by atoms with Crippen LogP contribution in [0.15, 0.2) is 24.3 Å². The Bertz CT molecular complexity index is 376. The zero-order valence-corrected chi connectivity index (χ0v) is 12.3. The Morgan fingerprint density at radius 2 is 1.89 bits per heavy atom. The Kier molecular flexibility index (Phi) is 5.92. The van der Waals surface area contributed by atoms with E-state index in [-0.39, 0.29) is 6.04 Å². The molecule has 0 amide bonds. The number of ether oxygens (including phenoxy) is 1. The van der Waals surface area contributed by atoms with Crippen LogP contribution in [0.4, 0.5) is 0 Å². The average Bonchev–Trinajstić information content (AvgIpc) is 2.36. The molecule has 1 aromatic carbocycles. The number of nitrogens with one attached hydrogen (secondary N) is 2. The van der Waals surface area contributed by atoms with E-state index in [1.165, 1.54) is 5.56 Å². The van der Waals surface area contributed by atoms with Crippen molar-refractivity contribution in [3.05, 3.63) is 29.8 Å². The molecule has 0 unspecified atom stereocenters. The lowest BCUT2D eigenvalue weighted by Gasteiger charge is -2.24. The Balaban J connectivity index is 2.80. The van der Waals surface area contributed by atoms with E-state index in [4.69, 9.17) is 17.0 Å². The molecule has 18 heavy (non-hydrogen) atoms. The van der Waals surface area contributed by atoms with E-state index in [1.807, 2.05) is 19.1 Å². The molecule has 1 atom stereocenters. The zero-order chi connectivity index (χ0) is 13.5. The fourth-order valence-corrected chi connectivity index (χ4v) is 2.07. The van der Waals surface area contributed by atoms with E-state index >= 15 is 0 Å². The van der Waals surface area contributed by atoms with Gasteiger partial charge in [-0.15, -0.1) is 0 Å². The fourth-order valence-electron chi connectivity index (χ4n) is 1.80. The molecule has 0 aliphatic rings. The third-order valence-corrected chi connectivity index (χ3v) is 3.03. The summed E-state index contributed by atoms with van der Waals surface area (Å²) in [5.74, 6) is 1.32. The molecule has 0 fully saturated rings. The fraction of sp³-hybridized carbons (Fsp3) is 0.500. The second-order valence-corrected chi connectivity index (χ2v) is 4.91. The maximum absolute atomic E-state index is 5.25. The average molecular weight is 266 g/mol. The monoisotopic (exact) mass is 266 g/mol. The lowest BCUT2D eigenvalue weighted by atomic mass is 9.96. The van der Waals surface area contributed by atoms with E-state index in [1.54, 1.807) is 7.11 Å². The van der Waals surface area contributed by atoms with E-state index < -0.39 is 0 Å². The first-order valence-electron chi connectivity index (χ1n) is 6.26. The summed E-state index contributed by atoms with van der Waals surface area (Å²) >= 11 is 5.25. The predicted octanol–water partition coefficient (Wildman–Crippen LogP) is 2.88. The lowest BCUT2D eigenvalue weighted by molar-refractivity contribution is 0.413. The molecule has 0 aliphatic heterocycles. The number of methoxy groups -OCH3 is 1. The summed E-state index contributed by atoms with van der Waals surface area (Å²) in [5, 5.41) is 7.17. The maximum atomic E-state index is 5.25. The van der Waals surface area contributed by atoms with Crippen LogP contribution in [-0.4, -0.2) is 18.8 Å². The maximum Gasteiger partial charge on any atom is 0.166 e. The summed E-state index contributed by atoms with van der Waals surface area (Å²) in [6.45, 7) is 7.22. The van der Waals surface area contributed by atoms with Crippen LogP contribution >= 0.6 is 12.2 Å². The minimum Gasteiger partial charge on any atom is -0.497 e. The van der Waals surface area contributed by atoms with Crippen LogP contribution in [0, 0.1) is 5.92 Å². The van der Waals surface area contributed by atoms with Crippen molar-refractivity contribution < 1.29 is 4.74 Å². The van der Waals surface area contributed by atoms with Crippen molar-refractivity contribution in [2.24, 2.45) is 5.92 Å². The number of thiocarbonyl (C=S) groups is 1. The van der Waals surface area contributed by atoms with E-state index in [9.17, 15) is 0 Å². The molecule has 4 heteroatoms. The van der Waals surface area contributed by atoms with Crippen LogP contribution in [0.5, 0.6) is 5.75 Å². The first-order valence-corrected chi connectivity index (χ1v) is 6.67. The smallest absolute Gasteiger partial charge is 0.166 e. The van der Waals surface area contributed by atoms with Crippen LogP contribution in [0.2, 0.25) is 0 Å². The standard InChI is InChI=1S/C14H22N2OS/c1-5-15-14(18)16-13(10(2)3)11-6-8-12(17-4)9-7-11/h6-10,13H,5H2,1-4H3,(H2,15,16,18)/t13-/m0/s1. The summed E-state index contributed by atoms with van der Waals surface area (Å²) in [7, 11) is 1.67. The van der Waals surface area contributed by atoms with Crippen LogP contribution in [0.1, 0.15) is 32.4 Å². The number of rotatable bonds is 5. The number of benzene rings is 1. The minimum atomic E-state index is 0.211. The molecule has 1 rings (SSSR count). The molecule has 2 N–H and O–H groups in total. The summed E-state index contributed by atoms with van der Waals surface area (Å²) in [6.07, 6.45) is 0. The van der Waals surface area contributed by atoms with Crippen LogP contribution in [0.3, 0.4) is 0 Å². The van der Waals surface area contributed by atoms with Crippen LogP contribution in [0.25, 0.3) is 0 Å². The topological polar surface area (TPSA) is 33.3 Å². The Morgan fingerprint density at radius 1 is 1.28 bits per heavy atom. The summed E-state index contributed by atoms with van der Waals surface area (Å²) in [6, 6.07) is 8.31. The summed E-state index contributed by atoms with van der Waals surface area (Å²) in [5.41, 5.74) is 1.21. The molecule has 1 aromatic rings. The number of hydrogen-bond acceptors (Lipinski definition) is 2. The van der Waals surface area contributed by atoms with Crippen LogP contribution < -0.4 is 15.4 Å². The zero-order valence-electron chi connectivity index (χ0n) is 11.5. The van der Waals surface area contributed by atoms with E-state index in [2.05, 4.69) is 36.6 Å². The van der Waals surface area contributed by atoms with Crippen molar-refractivity contribution in [1.82, 2.24) is 10.6 Å². The highest BCUT2D eigenvalue weighted by molar-refractivity contribution is 7.80. The van der Waals surface area contributed by atoms with E-state index in [0.717, 1.165) is 12.3 Å². The molecule has 0 saturated carbocycles. The Morgan fingerprint density at radius 3 is 2.33 bits per heavy atom. The van der Waals surface area contributed by atoms with Gasteiger partial charge in [0.25, 0.3) is 0 Å². The SMILES string of the molecule is CCNC(=S)N[C@H](c1ccc(OC)cc1)C(C)C. The van der Waals surface area contributed by atoms with Gasteiger partial charge in [-0.3, -0.25) is 0 Å². The van der Waals surface area contributed by atoms with Gasteiger partial charge in [-0.2, -0.15) is 0 Å². The summed E-state index contributed by atoms with van der Waals surface area (Å²) in [4.78, 5) is 0. The Labute approximate surface area is 115 Å². The van der Waals surface area contributed by atoms with Crippen molar-refractivity contribution in [2.45, 2.75) is 26.8 Å². The van der Waals surface area contributed by atoms with Gasteiger partial charge < -0.3 is 15.4 Å². The molecule has 0 aliphatic carbocycles. The van der Waals surface area contributed by atoms with Crippen molar-refractivity contribution >= 4 is 17.3 Å². The molecular formula is C14H22N2OS. The highest BCUT2D eigenvalue weighted by Gasteiger charge is 2.16. The van der Waals surface area contributed by atoms with Gasteiger partial charge in [0.15, 0.2) is 5.11 Å². The van der Waals surface area contributed by atoms with Gasteiger partial charge in [-0.25, -0.2) is 0 Å². The molecule has 0 bridgehead atoms. The van der Waals surface area contributed by atoms with Gasteiger partial charge in [0.05, 0.1) is 13.2 Å². The van der Waals surface area contributed by atoms with Gasteiger partial charge in [-0.05, 0) is 42.8 Å². The molecule has 3 nitrogen and oxygen atoms in total. The predicted molar refractivity (Wildman–Crippen MR) is 80.0 cm³/mol. The van der Waals surface area contributed by atoms with E-state index in [0.29, 0.717) is 11.0 Å². The largest absolute Gasteiger partial charge is 0.497 e. The third kappa shape index (κ3) is 4.18. The highest BCUT2D eigenvalue weighted by atomic mass is 32.1. The second kappa shape index (κ2) is 7.21. The quantitative estimate of drug-likeness (QED) is 0.803. The lowest BCUT2D eigenvalue weighted by Crippen LogP contribution is -2.39. The van der Waals surface area contributed by atoms with Crippen molar-refractivity contribution in [3.8, 4) is 5.75 Å². The molecule has 0 spiro atoms. The minimum absolute atomic E-state index is 0.211. The highest BCUT2D eigenvalue weighted by Crippen LogP contribution is 2.23. The van der Waals surface area contributed by atoms with Gasteiger partial charge >= 0.3 is 0 Å². The molecule has 0 heterocycles. The van der Waals surface area contributed by atoms with Crippen LogP contribution in [-0.2, 0) is 0 Å². The molecule has 0 radical (unpaired) electrons. The van der Waals surface area contributed by atoms with Gasteiger partial charge in [0.1, 0.15) is 5.75 Å². The van der Waals surface area contributed by atoms with Crippen molar-refractivity contribution in [1.29, 1.82) is 0 Å². The molecule has 100 valence electrons. The molecular weight excluding hydrogens is 244 g/mol. The van der Waals surface area contributed by atoms with Crippen molar-refractivity contribution in [2.75, 3.05) is 13.7 Å². The van der Waals surface area contributed by atoms with Gasteiger partial charge in [-0.1, -0.05) is 26.0 Å². The Hall–Kier alpha value is -1.29. The molecule has 0 aromatic heterocycles. The van der Waals surface area contributed by atoms with Gasteiger partial charge in [0, 0.05) is 6.54 Å². The normalized spacial score (nSPS) is 12.1. The second-order valence-electron chi connectivity index (χ2n) is 4.50. The summed E-state index contributed by atoms with van der Waals surface area (Å²) < 4.78 is 5.17. The van der Waals surface area contributed by atoms with Gasteiger partial charge in [0.2, 0.25) is 0 Å². The van der Waals surface area contributed by atoms with Crippen molar-refractivity contribution in [3.63, 3.8) is 0 Å². The number of hydrogen-bond donors (Lipinski definition) is 2. The third-order valence-electron chi connectivity index (χ3n) is 2.77. The first kappa shape index (κ1) is 14.8.